The van der Waals surface area contributed by atoms with Crippen molar-refractivity contribution in [1.82, 2.24) is 15.4 Å². The summed E-state index contributed by atoms with van der Waals surface area (Å²) in [5, 5.41) is 6.56. The molecular formula is C18H17F6N3O2. The Morgan fingerprint density at radius 3 is 2.10 bits per heavy atom. The average Bonchev–Trinajstić information content (AvgIpc) is 3.11. The van der Waals surface area contributed by atoms with Crippen LogP contribution < -0.4 is 5.32 Å². The number of aromatic nitrogens is 1. The van der Waals surface area contributed by atoms with E-state index < -0.39 is 29.0 Å². The van der Waals surface area contributed by atoms with Gasteiger partial charge in [0, 0.05) is 24.7 Å². The fraction of sp³-hybridized carbons (Fsp3) is 0.444. The number of nitrogens with zero attached hydrogens (tertiary/aromatic N) is 2. The molecule has 29 heavy (non-hydrogen) atoms. The molecule has 1 aliphatic heterocycles. The fourth-order valence-corrected chi connectivity index (χ4v) is 3.13. The summed E-state index contributed by atoms with van der Waals surface area (Å²) in [6, 6.07) is 2.47. The van der Waals surface area contributed by atoms with E-state index in [1.54, 1.807) is 13.8 Å². The van der Waals surface area contributed by atoms with Crippen molar-refractivity contribution in [3.63, 3.8) is 0 Å². The minimum absolute atomic E-state index is 0.0494. The number of hydrogen-bond acceptors (Lipinski definition) is 4. The fourth-order valence-electron chi connectivity index (χ4n) is 3.13. The summed E-state index contributed by atoms with van der Waals surface area (Å²) in [4.78, 5) is 13.7. The van der Waals surface area contributed by atoms with Gasteiger partial charge in [-0.1, -0.05) is 5.16 Å². The SMILES string of the molecule is CC(C)(c1cc(-c2cc(C(F)(F)F)cc(C(F)(F)F)c2)no1)N1CCNCC1=O. The first kappa shape index (κ1) is 21.2. The zero-order chi connectivity index (χ0) is 21.6. The molecule has 0 atom stereocenters. The number of piperazine rings is 1. The van der Waals surface area contributed by atoms with Gasteiger partial charge in [0.25, 0.3) is 0 Å². The van der Waals surface area contributed by atoms with Crippen LogP contribution in [-0.2, 0) is 22.7 Å². The lowest BCUT2D eigenvalue weighted by Crippen LogP contribution is -2.55. The van der Waals surface area contributed by atoms with Crippen LogP contribution in [0.5, 0.6) is 0 Å². The lowest BCUT2D eigenvalue weighted by molar-refractivity contribution is -0.143. The zero-order valence-electron chi connectivity index (χ0n) is 15.4. The highest BCUT2D eigenvalue weighted by Crippen LogP contribution is 2.39. The highest BCUT2D eigenvalue weighted by molar-refractivity contribution is 5.80. The second kappa shape index (κ2) is 7.05. The Kier molecular flexibility index (Phi) is 5.14. The van der Waals surface area contributed by atoms with Gasteiger partial charge in [0.2, 0.25) is 5.91 Å². The summed E-state index contributed by atoms with van der Waals surface area (Å²) in [6.07, 6.45) is -9.93. The molecule has 1 fully saturated rings. The van der Waals surface area contributed by atoms with E-state index in [1.807, 2.05) is 0 Å². The van der Waals surface area contributed by atoms with Gasteiger partial charge in [0.1, 0.15) is 5.69 Å². The molecule has 1 amide bonds. The van der Waals surface area contributed by atoms with Crippen molar-refractivity contribution in [3.05, 3.63) is 41.2 Å². The van der Waals surface area contributed by atoms with Crippen molar-refractivity contribution in [3.8, 4) is 11.3 Å². The molecule has 1 aromatic carbocycles. The molecule has 0 radical (unpaired) electrons. The van der Waals surface area contributed by atoms with Crippen LogP contribution in [0.3, 0.4) is 0 Å². The van der Waals surface area contributed by atoms with Gasteiger partial charge in [0.15, 0.2) is 5.76 Å². The van der Waals surface area contributed by atoms with Crippen molar-refractivity contribution in [2.24, 2.45) is 0 Å². The van der Waals surface area contributed by atoms with Crippen molar-refractivity contribution in [2.75, 3.05) is 19.6 Å². The van der Waals surface area contributed by atoms with Gasteiger partial charge in [-0.05, 0) is 32.0 Å². The van der Waals surface area contributed by atoms with Crippen LogP contribution in [0.4, 0.5) is 26.3 Å². The molecule has 2 aromatic rings. The third-order valence-corrected chi connectivity index (χ3v) is 4.76. The molecule has 1 aromatic heterocycles. The van der Waals surface area contributed by atoms with E-state index in [0.29, 0.717) is 25.2 Å². The molecule has 0 spiro atoms. The van der Waals surface area contributed by atoms with Crippen molar-refractivity contribution in [2.45, 2.75) is 31.7 Å². The van der Waals surface area contributed by atoms with Gasteiger partial charge < -0.3 is 14.7 Å². The molecule has 0 saturated carbocycles. The highest BCUT2D eigenvalue weighted by Gasteiger charge is 2.39. The van der Waals surface area contributed by atoms with Crippen LogP contribution in [0, 0.1) is 0 Å². The lowest BCUT2D eigenvalue weighted by atomic mass is 9.96. The van der Waals surface area contributed by atoms with Crippen LogP contribution in [0.2, 0.25) is 0 Å². The van der Waals surface area contributed by atoms with Crippen molar-refractivity contribution < 1.29 is 35.7 Å². The molecule has 1 N–H and O–H groups in total. The Labute approximate surface area is 161 Å². The number of alkyl halides is 6. The maximum atomic E-state index is 13.1. The third kappa shape index (κ3) is 4.24. The summed E-state index contributed by atoms with van der Waals surface area (Å²) in [7, 11) is 0. The van der Waals surface area contributed by atoms with Crippen molar-refractivity contribution in [1.29, 1.82) is 0 Å². The number of hydrogen-bond donors (Lipinski definition) is 1. The summed E-state index contributed by atoms with van der Waals surface area (Å²) in [5.41, 5.74) is -4.44. The monoisotopic (exact) mass is 421 g/mol. The number of amides is 1. The molecule has 1 aliphatic rings. The number of halogens is 6. The molecule has 0 aliphatic carbocycles. The molecule has 2 heterocycles. The number of nitrogens with one attached hydrogen (secondary N) is 1. The van der Waals surface area contributed by atoms with E-state index in [-0.39, 0.29) is 35.5 Å². The first-order valence-electron chi connectivity index (χ1n) is 8.58. The molecule has 3 rings (SSSR count). The topological polar surface area (TPSA) is 58.4 Å². The zero-order valence-corrected chi connectivity index (χ0v) is 15.4. The second-order valence-corrected chi connectivity index (χ2v) is 7.15. The molecule has 158 valence electrons. The Balaban J connectivity index is 2.02. The maximum Gasteiger partial charge on any atom is 0.416 e. The quantitative estimate of drug-likeness (QED) is 0.760. The van der Waals surface area contributed by atoms with Crippen LogP contribution in [0.15, 0.2) is 28.8 Å². The molecule has 1 saturated heterocycles. The van der Waals surface area contributed by atoms with Gasteiger partial charge in [-0.15, -0.1) is 0 Å². The standard InChI is InChI=1S/C18H17F6N3O2/c1-16(2,27-4-3-25-9-15(27)28)14-8-13(26-29-14)10-5-11(17(19,20)21)7-12(6-10)18(22,23)24/h5-8,25H,3-4,9H2,1-2H3. The largest absolute Gasteiger partial charge is 0.416 e. The van der Waals surface area contributed by atoms with E-state index in [9.17, 15) is 31.1 Å². The predicted molar refractivity (Wildman–Crippen MR) is 89.6 cm³/mol. The second-order valence-electron chi connectivity index (χ2n) is 7.15. The van der Waals surface area contributed by atoms with E-state index in [0.717, 1.165) is 0 Å². The summed E-state index contributed by atoms with van der Waals surface area (Å²) in [6.45, 7) is 4.34. The third-order valence-electron chi connectivity index (χ3n) is 4.76. The van der Waals surface area contributed by atoms with E-state index in [4.69, 9.17) is 4.52 Å². The van der Waals surface area contributed by atoms with Crippen LogP contribution in [0.1, 0.15) is 30.7 Å². The number of benzene rings is 1. The minimum Gasteiger partial charge on any atom is -0.358 e. The first-order chi connectivity index (χ1) is 13.3. The minimum atomic E-state index is -4.96. The molecule has 5 nitrogen and oxygen atoms in total. The van der Waals surface area contributed by atoms with E-state index in [1.165, 1.54) is 11.0 Å². The lowest BCUT2D eigenvalue weighted by Gasteiger charge is -2.39. The Bertz CT molecular complexity index is 885. The smallest absolute Gasteiger partial charge is 0.358 e. The van der Waals surface area contributed by atoms with Crippen LogP contribution >= 0.6 is 0 Å². The van der Waals surface area contributed by atoms with Crippen molar-refractivity contribution >= 4 is 5.91 Å². The van der Waals surface area contributed by atoms with Gasteiger partial charge >= 0.3 is 12.4 Å². The van der Waals surface area contributed by atoms with Gasteiger partial charge in [-0.25, -0.2) is 0 Å². The summed E-state index contributed by atoms with van der Waals surface area (Å²) in [5.74, 6) is -0.0636. The average molecular weight is 421 g/mol. The van der Waals surface area contributed by atoms with E-state index in [2.05, 4.69) is 10.5 Å². The van der Waals surface area contributed by atoms with Crippen LogP contribution in [0.25, 0.3) is 11.3 Å². The van der Waals surface area contributed by atoms with Gasteiger partial charge in [-0.3, -0.25) is 4.79 Å². The molecule has 0 bridgehead atoms. The maximum absolute atomic E-state index is 13.1. The number of carbonyl (C=O) groups excluding carboxylic acids is 1. The predicted octanol–water partition coefficient (Wildman–Crippen LogP) is 4.05. The first-order valence-corrected chi connectivity index (χ1v) is 8.58. The van der Waals surface area contributed by atoms with E-state index >= 15 is 0 Å². The number of rotatable bonds is 3. The normalized spacial score (nSPS) is 16.4. The highest BCUT2D eigenvalue weighted by atomic mass is 19.4. The Morgan fingerprint density at radius 1 is 1.00 bits per heavy atom. The molecule has 11 heteroatoms. The summed E-state index contributed by atoms with van der Waals surface area (Å²) < 4.78 is 83.6. The summed E-state index contributed by atoms with van der Waals surface area (Å²) >= 11 is 0. The molecular weight excluding hydrogens is 404 g/mol. The van der Waals surface area contributed by atoms with Crippen LogP contribution in [-0.4, -0.2) is 35.6 Å². The Hall–Kier alpha value is -2.56. The van der Waals surface area contributed by atoms with Gasteiger partial charge in [0.05, 0.1) is 23.2 Å². The molecule has 0 unspecified atom stereocenters. The van der Waals surface area contributed by atoms with Gasteiger partial charge in [-0.2, -0.15) is 26.3 Å². The number of carbonyl (C=O) groups is 1. The Morgan fingerprint density at radius 2 is 1.59 bits per heavy atom.